The lowest BCUT2D eigenvalue weighted by Gasteiger charge is -2.37. The van der Waals surface area contributed by atoms with E-state index in [4.69, 9.17) is 9.26 Å². The first-order valence-corrected chi connectivity index (χ1v) is 10.3. The van der Waals surface area contributed by atoms with Crippen molar-refractivity contribution in [1.82, 2.24) is 18.8 Å². The van der Waals surface area contributed by atoms with Crippen LogP contribution in [0.4, 0.5) is 0 Å². The van der Waals surface area contributed by atoms with Crippen LogP contribution in [-0.4, -0.2) is 60.0 Å². The quantitative estimate of drug-likeness (QED) is 0.807. The summed E-state index contributed by atoms with van der Waals surface area (Å²) in [5.41, 5.74) is 0.799. The molecule has 3 heterocycles. The maximum Gasteiger partial charge on any atom is 0.282 e. The van der Waals surface area contributed by atoms with E-state index in [0.29, 0.717) is 38.0 Å². The molecule has 4 rings (SSSR count). The van der Waals surface area contributed by atoms with E-state index in [-0.39, 0.29) is 6.61 Å². The molecule has 26 heavy (non-hydrogen) atoms. The SMILES string of the molecule is O=S(=O)(N1CCCCC1)N1CCOCC1c1noc(-c2ccccc2)n1. The monoisotopic (exact) mass is 378 g/mol. The van der Waals surface area contributed by atoms with Crippen molar-refractivity contribution < 1.29 is 17.7 Å². The molecule has 1 aromatic carbocycles. The minimum absolute atomic E-state index is 0.223. The highest BCUT2D eigenvalue weighted by molar-refractivity contribution is 7.86. The summed E-state index contributed by atoms with van der Waals surface area (Å²) in [6.45, 7) is 2.01. The zero-order chi connectivity index (χ0) is 18.0. The molecule has 9 heteroatoms. The smallest absolute Gasteiger partial charge is 0.282 e. The van der Waals surface area contributed by atoms with Gasteiger partial charge in [-0.3, -0.25) is 0 Å². The molecule has 2 aliphatic rings. The molecule has 0 saturated carbocycles. The molecule has 1 unspecified atom stereocenters. The van der Waals surface area contributed by atoms with Crippen LogP contribution >= 0.6 is 0 Å². The lowest BCUT2D eigenvalue weighted by atomic mass is 10.2. The first-order valence-electron chi connectivity index (χ1n) is 8.90. The lowest BCUT2D eigenvalue weighted by molar-refractivity contribution is 0.0249. The van der Waals surface area contributed by atoms with Gasteiger partial charge in [0, 0.05) is 25.2 Å². The van der Waals surface area contributed by atoms with Gasteiger partial charge in [0.05, 0.1) is 13.2 Å². The van der Waals surface area contributed by atoms with E-state index in [1.807, 2.05) is 30.3 Å². The molecule has 0 spiro atoms. The summed E-state index contributed by atoms with van der Waals surface area (Å²) >= 11 is 0. The van der Waals surface area contributed by atoms with Crippen LogP contribution in [0.1, 0.15) is 31.1 Å². The third-order valence-electron chi connectivity index (χ3n) is 4.78. The molecule has 0 aliphatic carbocycles. The van der Waals surface area contributed by atoms with Crippen LogP contribution in [0.2, 0.25) is 0 Å². The Hall–Kier alpha value is -1.81. The number of morpholine rings is 1. The van der Waals surface area contributed by atoms with Crippen molar-refractivity contribution in [2.24, 2.45) is 0 Å². The Morgan fingerprint density at radius 2 is 1.81 bits per heavy atom. The number of hydrogen-bond acceptors (Lipinski definition) is 6. The highest BCUT2D eigenvalue weighted by atomic mass is 32.2. The molecule has 1 atom stereocenters. The van der Waals surface area contributed by atoms with Gasteiger partial charge in [0.25, 0.3) is 16.1 Å². The fourth-order valence-corrected chi connectivity index (χ4v) is 5.18. The van der Waals surface area contributed by atoms with E-state index in [2.05, 4.69) is 10.1 Å². The Kier molecular flexibility index (Phi) is 5.03. The van der Waals surface area contributed by atoms with E-state index in [9.17, 15) is 8.42 Å². The average molecular weight is 378 g/mol. The highest BCUT2D eigenvalue weighted by Crippen LogP contribution is 2.29. The summed E-state index contributed by atoms with van der Waals surface area (Å²) in [7, 11) is -3.57. The summed E-state index contributed by atoms with van der Waals surface area (Å²) in [5.74, 6) is 0.714. The molecule has 2 fully saturated rings. The van der Waals surface area contributed by atoms with E-state index < -0.39 is 16.3 Å². The van der Waals surface area contributed by atoms with Gasteiger partial charge in [-0.25, -0.2) is 0 Å². The number of rotatable bonds is 4. The van der Waals surface area contributed by atoms with Crippen LogP contribution in [0, 0.1) is 0 Å². The molecule has 140 valence electrons. The predicted molar refractivity (Wildman–Crippen MR) is 94.3 cm³/mol. The summed E-state index contributed by atoms with van der Waals surface area (Å²) in [5, 5.41) is 4.03. The number of piperidine rings is 1. The molecule has 0 amide bonds. The molecule has 0 N–H and O–H groups in total. The highest BCUT2D eigenvalue weighted by Gasteiger charge is 2.40. The van der Waals surface area contributed by atoms with Crippen LogP contribution in [0.3, 0.4) is 0 Å². The van der Waals surface area contributed by atoms with Crippen molar-refractivity contribution in [3.63, 3.8) is 0 Å². The van der Waals surface area contributed by atoms with Gasteiger partial charge in [-0.2, -0.15) is 22.0 Å². The van der Waals surface area contributed by atoms with Crippen molar-refractivity contribution in [1.29, 1.82) is 0 Å². The molecule has 0 bridgehead atoms. The molecular formula is C17H22N4O4S. The van der Waals surface area contributed by atoms with E-state index in [0.717, 1.165) is 24.8 Å². The standard InChI is InChI=1S/C17H22N4O4S/c22-26(23,20-9-5-2-6-10-20)21-11-12-24-13-15(21)16-18-17(25-19-16)14-7-3-1-4-8-14/h1,3-4,7-8,15H,2,5-6,9-13H2. The molecule has 2 aliphatic heterocycles. The predicted octanol–water partition coefficient (Wildman–Crippen LogP) is 1.84. The van der Waals surface area contributed by atoms with Crippen molar-refractivity contribution in [3.8, 4) is 11.5 Å². The van der Waals surface area contributed by atoms with E-state index >= 15 is 0 Å². The minimum atomic E-state index is -3.57. The fourth-order valence-electron chi connectivity index (χ4n) is 3.38. The van der Waals surface area contributed by atoms with Crippen molar-refractivity contribution in [2.75, 3.05) is 32.8 Å². The van der Waals surface area contributed by atoms with E-state index in [1.165, 1.54) is 4.31 Å². The van der Waals surface area contributed by atoms with Crippen molar-refractivity contribution >= 4 is 10.2 Å². The van der Waals surface area contributed by atoms with Gasteiger partial charge in [0.15, 0.2) is 5.82 Å². The molecule has 2 saturated heterocycles. The molecule has 1 aromatic heterocycles. The van der Waals surface area contributed by atoms with Gasteiger partial charge in [-0.05, 0) is 25.0 Å². The van der Waals surface area contributed by atoms with Gasteiger partial charge in [0.2, 0.25) is 0 Å². The van der Waals surface area contributed by atoms with Crippen LogP contribution in [0.15, 0.2) is 34.9 Å². The first kappa shape index (κ1) is 17.6. The zero-order valence-corrected chi connectivity index (χ0v) is 15.3. The zero-order valence-electron chi connectivity index (χ0n) is 14.5. The number of benzene rings is 1. The molecule has 2 aromatic rings. The Morgan fingerprint density at radius 1 is 1.04 bits per heavy atom. The number of aromatic nitrogens is 2. The lowest BCUT2D eigenvalue weighted by Crippen LogP contribution is -2.51. The topological polar surface area (TPSA) is 88.8 Å². The van der Waals surface area contributed by atoms with Crippen molar-refractivity contribution in [2.45, 2.75) is 25.3 Å². The summed E-state index contributed by atoms with van der Waals surface area (Å²) in [6.07, 6.45) is 2.87. The number of ether oxygens (including phenoxy) is 1. The largest absolute Gasteiger partial charge is 0.378 e. The third-order valence-corrected chi connectivity index (χ3v) is 6.83. The van der Waals surface area contributed by atoms with Crippen LogP contribution in [-0.2, 0) is 14.9 Å². The number of nitrogens with zero attached hydrogens (tertiary/aromatic N) is 4. The van der Waals surface area contributed by atoms with Crippen molar-refractivity contribution in [3.05, 3.63) is 36.2 Å². The van der Waals surface area contributed by atoms with Gasteiger partial charge >= 0.3 is 0 Å². The normalized spacial score (nSPS) is 23.2. The first-order chi connectivity index (χ1) is 12.7. The summed E-state index contributed by atoms with van der Waals surface area (Å²) < 4.78 is 40.1. The third kappa shape index (κ3) is 3.39. The maximum absolute atomic E-state index is 13.1. The molecule has 0 radical (unpaired) electrons. The van der Waals surface area contributed by atoms with Gasteiger partial charge in [-0.15, -0.1) is 0 Å². The Morgan fingerprint density at radius 3 is 2.58 bits per heavy atom. The number of hydrogen-bond donors (Lipinski definition) is 0. The van der Waals surface area contributed by atoms with Crippen LogP contribution < -0.4 is 0 Å². The Labute approximate surface area is 152 Å². The summed E-state index contributed by atoms with van der Waals surface area (Å²) in [4.78, 5) is 4.43. The second-order valence-corrected chi connectivity index (χ2v) is 8.37. The Bertz CT molecular complexity index is 833. The van der Waals surface area contributed by atoms with Crippen LogP contribution in [0.5, 0.6) is 0 Å². The maximum atomic E-state index is 13.1. The molecule has 8 nitrogen and oxygen atoms in total. The van der Waals surface area contributed by atoms with E-state index in [1.54, 1.807) is 4.31 Å². The minimum Gasteiger partial charge on any atom is -0.378 e. The van der Waals surface area contributed by atoms with Crippen LogP contribution in [0.25, 0.3) is 11.5 Å². The second kappa shape index (κ2) is 7.43. The molecular weight excluding hydrogens is 356 g/mol. The fraction of sp³-hybridized carbons (Fsp3) is 0.529. The van der Waals surface area contributed by atoms with Gasteiger partial charge in [-0.1, -0.05) is 29.8 Å². The van der Waals surface area contributed by atoms with Gasteiger partial charge < -0.3 is 9.26 Å². The second-order valence-electron chi connectivity index (χ2n) is 6.49. The Balaban J connectivity index is 1.61. The van der Waals surface area contributed by atoms with Gasteiger partial charge in [0.1, 0.15) is 6.04 Å². The average Bonchev–Trinajstić information content (AvgIpc) is 3.19. The summed E-state index contributed by atoms with van der Waals surface area (Å²) in [6, 6.07) is 8.85.